The number of para-hydroxylation sites is 2. The second-order valence-electron chi connectivity index (χ2n) is 5.52. The molecule has 0 spiro atoms. The maximum Gasteiger partial charge on any atom is 0.337 e. The average Bonchev–Trinajstić information content (AvgIpc) is 2.66. The van der Waals surface area contributed by atoms with Crippen LogP contribution in [-0.2, 0) is 0 Å². The number of nitrogens with one attached hydrogen (secondary N) is 3. The molecule has 0 saturated heterocycles. The lowest BCUT2D eigenvalue weighted by Crippen LogP contribution is -2.44. The normalized spacial score (nSPS) is 10.2. The molecule has 3 rings (SSSR count). The zero-order chi connectivity index (χ0) is 18.5. The zero-order valence-corrected chi connectivity index (χ0v) is 13.9. The molecular formula is C19H16N4O3. The molecule has 0 aliphatic rings. The van der Waals surface area contributed by atoms with Crippen LogP contribution in [0.1, 0.15) is 27.6 Å². The van der Waals surface area contributed by atoms with E-state index in [0.717, 1.165) is 0 Å². The van der Waals surface area contributed by atoms with Crippen molar-refractivity contribution in [1.29, 1.82) is 0 Å². The lowest BCUT2D eigenvalue weighted by molar-refractivity contribution is 0.0927. The summed E-state index contributed by atoms with van der Waals surface area (Å²) in [4.78, 5) is 40.6. The molecule has 1 aromatic heterocycles. The first-order valence-corrected chi connectivity index (χ1v) is 7.87. The number of carbonyl (C=O) groups is 3. The predicted molar refractivity (Wildman–Crippen MR) is 97.8 cm³/mol. The van der Waals surface area contributed by atoms with Crippen molar-refractivity contribution in [2.24, 2.45) is 0 Å². The first kappa shape index (κ1) is 17.1. The van der Waals surface area contributed by atoms with Crippen LogP contribution in [0.2, 0.25) is 0 Å². The van der Waals surface area contributed by atoms with Gasteiger partial charge in [0.1, 0.15) is 0 Å². The van der Waals surface area contributed by atoms with Gasteiger partial charge in [0.05, 0.1) is 11.1 Å². The molecule has 1 heterocycles. The van der Waals surface area contributed by atoms with Crippen molar-refractivity contribution in [3.8, 4) is 0 Å². The quantitative estimate of drug-likeness (QED) is 0.500. The van der Waals surface area contributed by atoms with Gasteiger partial charge in [-0.2, -0.15) is 0 Å². The molecule has 0 aliphatic carbocycles. The van der Waals surface area contributed by atoms with Crippen LogP contribution < -0.4 is 16.2 Å². The van der Waals surface area contributed by atoms with Crippen molar-refractivity contribution >= 4 is 34.3 Å². The number of hydrogen-bond acceptors (Lipinski definition) is 4. The van der Waals surface area contributed by atoms with Gasteiger partial charge in [-0.3, -0.25) is 20.0 Å². The number of pyridine rings is 1. The number of carbonyl (C=O) groups excluding carboxylic acids is 3. The summed E-state index contributed by atoms with van der Waals surface area (Å²) in [5.74, 6) is -0.890. The first-order valence-electron chi connectivity index (χ1n) is 7.87. The molecule has 26 heavy (non-hydrogen) atoms. The first-order chi connectivity index (χ1) is 12.6. The van der Waals surface area contributed by atoms with Crippen LogP contribution in [0.4, 0.5) is 10.5 Å². The second-order valence-corrected chi connectivity index (χ2v) is 5.52. The highest BCUT2D eigenvalue weighted by Crippen LogP contribution is 2.20. The lowest BCUT2D eigenvalue weighted by Gasteiger charge is -2.12. The number of hydrogen-bond donors (Lipinski definition) is 3. The van der Waals surface area contributed by atoms with Gasteiger partial charge in [-0.15, -0.1) is 0 Å². The molecule has 0 fully saturated rings. The molecule has 0 radical (unpaired) electrons. The topological polar surface area (TPSA) is 100 Å². The van der Waals surface area contributed by atoms with E-state index in [0.29, 0.717) is 16.6 Å². The van der Waals surface area contributed by atoms with Crippen molar-refractivity contribution in [3.05, 3.63) is 71.9 Å². The zero-order valence-electron chi connectivity index (χ0n) is 13.9. The van der Waals surface area contributed by atoms with Gasteiger partial charge >= 0.3 is 6.03 Å². The Morgan fingerprint density at radius 1 is 0.885 bits per heavy atom. The summed E-state index contributed by atoms with van der Waals surface area (Å²) in [6, 6.07) is 15.2. The second kappa shape index (κ2) is 7.43. The van der Waals surface area contributed by atoms with Crippen LogP contribution in [0.25, 0.3) is 10.9 Å². The summed E-state index contributed by atoms with van der Waals surface area (Å²) in [5, 5.41) is 3.11. The summed E-state index contributed by atoms with van der Waals surface area (Å²) in [6.07, 6.45) is 1.36. The molecule has 7 heteroatoms. The number of hydrazine groups is 1. The summed E-state index contributed by atoms with van der Waals surface area (Å²) in [5.41, 5.74) is 6.12. The average molecular weight is 348 g/mol. The Morgan fingerprint density at radius 3 is 2.31 bits per heavy atom. The van der Waals surface area contributed by atoms with Gasteiger partial charge < -0.3 is 5.32 Å². The third kappa shape index (κ3) is 3.67. The Bertz CT molecular complexity index is 987. The monoisotopic (exact) mass is 348 g/mol. The molecule has 3 aromatic rings. The predicted octanol–water partition coefficient (Wildman–Crippen LogP) is 2.90. The standard InChI is InChI=1S/C19H16N4O3/c1-12(24)15-11-20-16-10-6-5-9-14(16)17(15)18(25)22-23-19(26)21-13-7-3-2-4-8-13/h2-11H,1H3,(H,22,25)(H2,21,23,26). The Morgan fingerprint density at radius 2 is 1.58 bits per heavy atom. The van der Waals surface area contributed by atoms with E-state index in [9.17, 15) is 14.4 Å². The maximum absolute atomic E-state index is 12.6. The molecule has 0 unspecified atom stereocenters. The van der Waals surface area contributed by atoms with Gasteiger partial charge in [0, 0.05) is 22.8 Å². The molecular weight excluding hydrogens is 332 g/mol. The number of urea groups is 1. The summed E-state index contributed by atoms with van der Waals surface area (Å²) in [6.45, 7) is 1.36. The number of rotatable bonds is 3. The summed E-state index contributed by atoms with van der Waals surface area (Å²) < 4.78 is 0. The van der Waals surface area contributed by atoms with Crippen molar-refractivity contribution in [2.75, 3.05) is 5.32 Å². The number of fused-ring (bicyclic) bond motifs is 1. The number of anilines is 1. The van der Waals surface area contributed by atoms with Gasteiger partial charge in [-0.25, -0.2) is 10.2 Å². The van der Waals surface area contributed by atoms with Crippen molar-refractivity contribution in [2.45, 2.75) is 6.92 Å². The Hall–Kier alpha value is -3.74. The van der Waals surface area contributed by atoms with Gasteiger partial charge in [-0.05, 0) is 25.1 Å². The van der Waals surface area contributed by atoms with Gasteiger partial charge in [0.15, 0.2) is 5.78 Å². The molecule has 0 aliphatic heterocycles. The molecule has 2 aromatic carbocycles. The summed E-state index contributed by atoms with van der Waals surface area (Å²) >= 11 is 0. The van der Waals surface area contributed by atoms with E-state index in [4.69, 9.17) is 0 Å². The minimum Gasteiger partial charge on any atom is -0.307 e. The number of amides is 3. The van der Waals surface area contributed by atoms with Crippen LogP contribution in [0.15, 0.2) is 60.8 Å². The molecule has 130 valence electrons. The number of ketones is 1. The smallest absolute Gasteiger partial charge is 0.307 e. The van der Waals surface area contributed by atoms with Gasteiger partial charge in [-0.1, -0.05) is 36.4 Å². The summed E-state index contributed by atoms with van der Waals surface area (Å²) in [7, 11) is 0. The highest BCUT2D eigenvalue weighted by atomic mass is 16.2. The van der Waals surface area contributed by atoms with E-state index in [1.165, 1.54) is 13.1 Å². The maximum atomic E-state index is 12.6. The van der Waals surface area contributed by atoms with Crippen molar-refractivity contribution < 1.29 is 14.4 Å². The molecule has 7 nitrogen and oxygen atoms in total. The Kier molecular flexibility index (Phi) is 4.89. The molecule has 3 N–H and O–H groups in total. The highest BCUT2D eigenvalue weighted by molar-refractivity contribution is 6.14. The van der Waals surface area contributed by atoms with Crippen LogP contribution in [0.5, 0.6) is 0 Å². The largest absolute Gasteiger partial charge is 0.337 e. The van der Waals surface area contributed by atoms with Crippen molar-refractivity contribution in [3.63, 3.8) is 0 Å². The van der Waals surface area contributed by atoms with E-state index >= 15 is 0 Å². The molecule has 3 amide bonds. The van der Waals surface area contributed by atoms with E-state index in [1.54, 1.807) is 48.5 Å². The van der Waals surface area contributed by atoms with Crippen LogP contribution in [0.3, 0.4) is 0 Å². The fourth-order valence-corrected chi connectivity index (χ4v) is 2.51. The Labute approximate surface area is 149 Å². The number of Topliss-reactive ketones (excluding diaryl/α,β-unsaturated/α-hetero) is 1. The van der Waals surface area contributed by atoms with E-state index in [2.05, 4.69) is 21.2 Å². The number of benzene rings is 2. The van der Waals surface area contributed by atoms with Crippen molar-refractivity contribution in [1.82, 2.24) is 15.8 Å². The van der Waals surface area contributed by atoms with Gasteiger partial charge in [0.25, 0.3) is 5.91 Å². The third-order valence-corrected chi connectivity index (χ3v) is 3.70. The Balaban J connectivity index is 1.80. The number of aromatic nitrogens is 1. The molecule has 0 saturated carbocycles. The molecule has 0 atom stereocenters. The lowest BCUT2D eigenvalue weighted by atomic mass is 10.0. The minimum absolute atomic E-state index is 0.170. The molecule has 0 bridgehead atoms. The van der Waals surface area contributed by atoms with Crippen LogP contribution in [-0.4, -0.2) is 22.7 Å². The fraction of sp³-hybridized carbons (Fsp3) is 0.0526. The number of nitrogens with zero attached hydrogens (tertiary/aromatic N) is 1. The minimum atomic E-state index is -0.604. The fourth-order valence-electron chi connectivity index (χ4n) is 2.51. The third-order valence-electron chi connectivity index (χ3n) is 3.70. The van der Waals surface area contributed by atoms with Gasteiger partial charge in [0.2, 0.25) is 0 Å². The van der Waals surface area contributed by atoms with E-state index < -0.39 is 11.9 Å². The highest BCUT2D eigenvalue weighted by Gasteiger charge is 2.19. The van der Waals surface area contributed by atoms with E-state index in [-0.39, 0.29) is 16.9 Å². The SMILES string of the molecule is CC(=O)c1cnc2ccccc2c1C(=O)NNC(=O)Nc1ccccc1. The van der Waals surface area contributed by atoms with E-state index in [1.807, 2.05) is 6.07 Å². The van der Waals surface area contributed by atoms with Crippen LogP contribution >= 0.6 is 0 Å². The van der Waals surface area contributed by atoms with Crippen LogP contribution in [0, 0.1) is 0 Å².